The maximum absolute atomic E-state index is 11.8. The van der Waals surface area contributed by atoms with Gasteiger partial charge in [-0.25, -0.2) is 0 Å². The molecule has 1 fully saturated rings. The number of benzene rings is 1. The topological polar surface area (TPSA) is 71.3 Å². The number of thiocarbonyl (C=S) groups is 1. The molecular weight excluding hydrogens is 324 g/mol. The Kier molecular flexibility index (Phi) is 3.79. The van der Waals surface area contributed by atoms with Gasteiger partial charge in [0.05, 0.1) is 0 Å². The van der Waals surface area contributed by atoms with Gasteiger partial charge in [-0.1, -0.05) is 23.7 Å². The van der Waals surface area contributed by atoms with Crippen LogP contribution in [0.15, 0.2) is 46.4 Å². The smallest absolute Gasteiger partial charge is 0.263 e. The van der Waals surface area contributed by atoms with E-state index in [9.17, 15) is 9.59 Å². The summed E-state index contributed by atoms with van der Waals surface area (Å²) in [5.74, 6) is -0.159. The first-order chi connectivity index (χ1) is 10.5. The maximum Gasteiger partial charge on any atom is 0.263 e. The quantitative estimate of drug-likeness (QED) is 0.503. The minimum atomic E-state index is -0.561. The summed E-state index contributed by atoms with van der Waals surface area (Å²) < 4.78 is 5.62. The van der Waals surface area contributed by atoms with Gasteiger partial charge in [0, 0.05) is 10.6 Å². The van der Waals surface area contributed by atoms with Crippen molar-refractivity contribution in [3.63, 3.8) is 0 Å². The summed E-state index contributed by atoms with van der Waals surface area (Å²) in [6.45, 7) is 0. The van der Waals surface area contributed by atoms with Crippen molar-refractivity contribution in [1.29, 1.82) is 0 Å². The second-order valence-corrected chi connectivity index (χ2v) is 5.35. The van der Waals surface area contributed by atoms with Crippen molar-refractivity contribution in [2.24, 2.45) is 0 Å². The lowest BCUT2D eigenvalue weighted by Gasteiger charge is -2.15. The van der Waals surface area contributed by atoms with Crippen LogP contribution in [0.25, 0.3) is 17.4 Å². The van der Waals surface area contributed by atoms with Gasteiger partial charge in [-0.2, -0.15) is 0 Å². The number of hydrogen-bond donors (Lipinski definition) is 2. The summed E-state index contributed by atoms with van der Waals surface area (Å²) >= 11 is 10.7. The summed E-state index contributed by atoms with van der Waals surface area (Å²) in [5.41, 5.74) is 0.733. The van der Waals surface area contributed by atoms with E-state index in [-0.39, 0.29) is 10.7 Å². The molecule has 110 valence electrons. The van der Waals surface area contributed by atoms with Crippen LogP contribution in [0.4, 0.5) is 0 Å². The third-order valence-electron chi connectivity index (χ3n) is 2.97. The Balaban J connectivity index is 1.91. The highest BCUT2D eigenvalue weighted by Gasteiger charge is 2.26. The van der Waals surface area contributed by atoms with Crippen LogP contribution in [0.3, 0.4) is 0 Å². The van der Waals surface area contributed by atoms with Crippen molar-refractivity contribution >= 4 is 46.8 Å². The van der Waals surface area contributed by atoms with Gasteiger partial charge in [-0.3, -0.25) is 20.2 Å². The van der Waals surface area contributed by atoms with E-state index in [2.05, 4.69) is 10.6 Å². The predicted octanol–water partition coefficient (Wildman–Crippen LogP) is 2.51. The van der Waals surface area contributed by atoms with Gasteiger partial charge in [0.15, 0.2) is 5.11 Å². The maximum atomic E-state index is 11.8. The van der Waals surface area contributed by atoms with Crippen LogP contribution in [0.5, 0.6) is 0 Å². The Morgan fingerprint density at radius 2 is 1.82 bits per heavy atom. The lowest BCUT2D eigenvalue weighted by atomic mass is 10.1. The number of carbonyl (C=O) groups is 2. The van der Waals surface area contributed by atoms with Crippen molar-refractivity contribution in [3.8, 4) is 11.3 Å². The molecule has 0 unspecified atom stereocenters. The Morgan fingerprint density at radius 1 is 1.09 bits per heavy atom. The monoisotopic (exact) mass is 332 g/mol. The third kappa shape index (κ3) is 2.93. The van der Waals surface area contributed by atoms with Crippen molar-refractivity contribution in [1.82, 2.24) is 10.6 Å². The van der Waals surface area contributed by atoms with E-state index < -0.39 is 11.8 Å². The number of nitrogens with one attached hydrogen (secondary N) is 2. The molecule has 7 heteroatoms. The number of hydrogen-bond acceptors (Lipinski definition) is 4. The molecule has 0 atom stereocenters. The number of rotatable bonds is 2. The fourth-order valence-corrected chi connectivity index (χ4v) is 2.35. The molecular formula is C15H9ClN2O3S. The highest BCUT2D eigenvalue weighted by Crippen LogP contribution is 2.25. The first-order valence-electron chi connectivity index (χ1n) is 6.27. The van der Waals surface area contributed by atoms with E-state index >= 15 is 0 Å². The lowest BCUT2D eigenvalue weighted by molar-refractivity contribution is -0.123. The van der Waals surface area contributed by atoms with Crippen molar-refractivity contribution in [2.75, 3.05) is 0 Å². The molecule has 0 saturated carbocycles. The molecule has 22 heavy (non-hydrogen) atoms. The Labute approximate surface area is 135 Å². The van der Waals surface area contributed by atoms with Gasteiger partial charge in [0.2, 0.25) is 0 Å². The molecule has 1 saturated heterocycles. The largest absolute Gasteiger partial charge is 0.457 e. The highest BCUT2D eigenvalue weighted by atomic mass is 35.5. The van der Waals surface area contributed by atoms with Gasteiger partial charge < -0.3 is 4.42 Å². The number of furan rings is 1. The van der Waals surface area contributed by atoms with Gasteiger partial charge in [0.1, 0.15) is 17.1 Å². The molecule has 0 spiro atoms. The SMILES string of the molecule is O=C1NC(=S)NC(=O)C1=Cc1ccc(-c2cccc(Cl)c2)o1. The number of carbonyl (C=O) groups excluding carboxylic acids is 2. The summed E-state index contributed by atoms with van der Waals surface area (Å²) in [7, 11) is 0. The van der Waals surface area contributed by atoms with E-state index in [4.69, 9.17) is 28.2 Å². The van der Waals surface area contributed by atoms with Gasteiger partial charge in [-0.15, -0.1) is 0 Å². The highest BCUT2D eigenvalue weighted by molar-refractivity contribution is 7.80. The van der Waals surface area contributed by atoms with Gasteiger partial charge in [-0.05, 0) is 42.6 Å². The second-order valence-electron chi connectivity index (χ2n) is 4.51. The van der Waals surface area contributed by atoms with Crippen LogP contribution in [0.2, 0.25) is 5.02 Å². The summed E-state index contributed by atoms with van der Waals surface area (Å²) in [4.78, 5) is 23.5. The minimum Gasteiger partial charge on any atom is -0.457 e. The van der Waals surface area contributed by atoms with E-state index in [1.165, 1.54) is 6.08 Å². The Morgan fingerprint density at radius 3 is 2.50 bits per heavy atom. The average Bonchev–Trinajstić information content (AvgIpc) is 2.91. The van der Waals surface area contributed by atoms with Crippen LogP contribution in [0, 0.1) is 0 Å². The van der Waals surface area contributed by atoms with E-state index in [0.29, 0.717) is 16.5 Å². The average molecular weight is 333 g/mol. The zero-order valence-electron chi connectivity index (χ0n) is 11.1. The minimum absolute atomic E-state index is 0.00814. The third-order valence-corrected chi connectivity index (χ3v) is 3.41. The van der Waals surface area contributed by atoms with Gasteiger partial charge >= 0.3 is 0 Å². The van der Waals surface area contributed by atoms with Crippen molar-refractivity contribution in [2.45, 2.75) is 0 Å². The molecule has 2 heterocycles. The van der Waals surface area contributed by atoms with Crippen LogP contribution < -0.4 is 10.6 Å². The zero-order valence-corrected chi connectivity index (χ0v) is 12.6. The van der Waals surface area contributed by atoms with Crippen LogP contribution >= 0.6 is 23.8 Å². The molecule has 1 aromatic carbocycles. The van der Waals surface area contributed by atoms with Crippen LogP contribution in [0.1, 0.15) is 5.76 Å². The standard InChI is InChI=1S/C15H9ClN2O3S/c16-9-3-1-2-8(6-9)12-5-4-10(21-12)7-11-13(19)17-15(22)18-14(11)20/h1-7H,(H2,17,18,19,20,22). The first kappa shape index (κ1) is 14.5. The summed E-state index contributed by atoms with van der Waals surface area (Å²) in [5, 5.41) is 5.30. The van der Waals surface area contributed by atoms with Crippen LogP contribution in [-0.4, -0.2) is 16.9 Å². The Bertz CT molecular complexity index is 804. The Hall–Kier alpha value is -2.44. The van der Waals surface area contributed by atoms with E-state index in [1.807, 2.05) is 6.07 Å². The molecule has 0 radical (unpaired) electrons. The summed E-state index contributed by atoms with van der Waals surface area (Å²) in [6.07, 6.45) is 1.36. The second kappa shape index (κ2) is 5.75. The number of amides is 2. The normalized spacial score (nSPS) is 14.6. The summed E-state index contributed by atoms with van der Waals surface area (Å²) in [6, 6.07) is 10.6. The fourth-order valence-electron chi connectivity index (χ4n) is 1.98. The van der Waals surface area contributed by atoms with Crippen LogP contribution in [-0.2, 0) is 9.59 Å². The van der Waals surface area contributed by atoms with E-state index in [0.717, 1.165) is 5.56 Å². The molecule has 2 aromatic rings. The molecule has 1 aliphatic heterocycles. The predicted molar refractivity (Wildman–Crippen MR) is 86.0 cm³/mol. The molecule has 2 amide bonds. The molecule has 1 aromatic heterocycles. The molecule has 2 N–H and O–H groups in total. The van der Waals surface area contributed by atoms with Crippen molar-refractivity contribution < 1.29 is 14.0 Å². The fraction of sp³-hybridized carbons (Fsp3) is 0. The molecule has 3 rings (SSSR count). The molecule has 1 aliphatic rings. The zero-order chi connectivity index (χ0) is 15.7. The van der Waals surface area contributed by atoms with E-state index in [1.54, 1.807) is 30.3 Å². The lowest BCUT2D eigenvalue weighted by Crippen LogP contribution is -2.51. The molecule has 0 aliphatic carbocycles. The molecule has 5 nitrogen and oxygen atoms in total. The van der Waals surface area contributed by atoms with Gasteiger partial charge in [0.25, 0.3) is 11.8 Å². The number of halogens is 1. The van der Waals surface area contributed by atoms with Crippen molar-refractivity contribution in [3.05, 3.63) is 52.8 Å². The molecule has 0 bridgehead atoms. The first-order valence-corrected chi connectivity index (χ1v) is 7.06.